The normalized spacial score (nSPS) is 23.1. The number of aliphatic hydroxyl groups excluding tert-OH is 1. The van der Waals surface area contributed by atoms with Crippen LogP contribution in [0.4, 0.5) is 4.39 Å². The average molecular weight is 276 g/mol. The van der Waals surface area contributed by atoms with Gasteiger partial charge in [0.15, 0.2) is 6.29 Å². The molecule has 2 atom stereocenters. The Morgan fingerprint density at radius 3 is 3.11 bits per heavy atom. The maximum atomic E-state index is 13.2. The van der Waals surface area contributed by atoms with Gasteiger partial charge < -0.3 is 19.3 Å². The molecule has 0 bridgehead atoms. The van der Waals surface area contributed by atoms with Crippen molar-refractivity contribution >= 4 is 11.8 Å². The lowest BCUT2D eigenvalue weighted by atomic mass is 10.6. The SMILES string of the molecule is CCOc1nc(OCC2OC(O)CS2)ncc1F. The van der Waals surface area contributed by atoms with Crippen LogP contribution in [0.5, 0.6) is 11.9 Å². The molecular formula is C10H13FN2O4S. The molecule has 1 aromatic heterocycles. The van der Waals surface area contributed by atoms with Crippen molar-refractivity contribution in [2.24, 2.45) is 0 Å². The number of thioether (sulfide) groups is 1. The number of nitrogens with zero attached hydrogens (tertiary/aromatic N) is 2. The summed E-state index contributed by atoms with van der Waals surface area (Å²) in [6.07, 6.45) is 0.224. The van der Waals surface area contributed by atoms with Crippen LogP contribution in [0.3, 0.4) is 0 Å². The van der Waals surface area contributed by atoms with Crippen LogP contribution in [0.2, 0.25) is 0 Å². The van der Waals surface area contributed by atoms with Gasteiger partial charge in [-0.25, -0.2) is 4.98 Å². The van der Waals surface area contributed by atoms with E-state index in [1.807, 2.05) is 0 Å². The topological polar surface area (TPSA) is 73.7 Å². The Kier molecular flexibility index (Phi) is 4.56. The molecule has 2 rings (SSSR count). The Morgan fingerprint density at radius 1 is 1.61 bits per heavy atom. The monoisotopic (exact) mass is 276 g/mol. The van der Waals surface area contributed by atoms with Gasteiger partial charge in [0.05, 0.1) is 12.8 Å². The first-order valence-electron chi connectivity index (χ1n) is 5.42. The summed E-state index contributed by atoms with van der Waals surface area (Å²) >= 11 is 1.43. The first kappa shape index (κ1) is 13.3. The highest BCUT2D eigenvalue weighted by Gasteiger charge is 2.24. The van der Waals surface area contributed by atoms with E-state index in [1.165, 1.54) is 11.8 Å². The second-order valence-electron chi connectivity index (χ2n) is 3.40. The third-order valence-corrected chi connectivity index (χ3v) is 3.15. The Hall–Kier alpha value is -1.12. The summed E-state index contributed by atoms with van der Waals surface area (Å²) in [5.74, 6) is -0.267. The molecule has 0 aliphatic carbocycles. The van der Waals surface area contributed by atoms with Crippen LogP contribution in [0, 0.1) is 5.82 Å². The predicted octanol–water partition coefficient (Wildman–Crippen LogP) is 0.801. The van der Waals surface area contributed by atoms with Crippen molar-refractivity contribution in [2.45, 2.75) is 18.6 Å². The minimum Gasteiger partial charge on any atom is -0.476 e. The van der Waals surface area contributed by atoms with E-state index < -0.39 is 12.1 Å². The zero-order valence-electron chi connectivity index (χ0n) is 9.71. The maximum absolute atomic E-state index is 13.2. The van der Waals surface area contributed by atoms with Gasteiger partial charge in [-0.15, -0.1) is 11.8 Å². The van der Waals surface area contributed by atoms with Gasteiger partial charge in [0, 0.05) is 5.75 Å². The van der Waals surface area contributed by atoms with E-state index in [0.29, 0.717) is 12.4 Å². The van der Waals surface area contributed by atoms with Gasteiger partial charge >= 0.3 is 6.01 Å². The number of ether oxygens (including phenoxy) is 3. The summed E-state index contributed by atoms with van der Waals surface area (Å²) in [7, 11) is 0. The highest BCUT2D eigenvalue weighted by molar-refractivity contribution is 8.00. The second-order valence-corrected chi connectivity index (χ2v) is 4.60. The molecule has 1 fully saturated rings. The number of aromatic nitrogens is 2. The van der Waals surface area contributed by atoms with Gasteiger partial charge in [-0.05, 0) is 6.92 Å². The van der Waals surface area contributed by atoms with Crippen LogP contribution in [0.15, 0.2) is 6.20 Å². The quantitative estimate of drug-likeness (QED) is 0.852. The molecular weight excluding hydrogens is 263 g/mol. The molecule has 1 aliphatic rings. The Balaban J connectivity index is 1.91. The molecule has 2 unspecified atom stereocenters. The zero-order valence-corrected chi connectivity index (χ0v) is 10.5. The summed E-state index contributed by atoms with van der Waals surface area (Å²) < 4.78 is 28.5. The zero-order chi connectivity index (χ0) is 13.0. The smallest absolute Gasteiger partial charge is 0.319 e. The largest absolute Gasteiger partial charge is 0.476 e. The van der Waals surface area contributed by atoms with E-state index in [-0.39, 0.29) is 23.9 Å². The fourth-order valence-corrected chi connectivity index (χ4v) is 2.15. The van der Waals surface area contributed by atoms with Crippen LogP contribution < -0.4 is 9.47 Å². The molecule has 8 heteroatoms. The summed E-state index contributed by atoms with van der Waals surface area (Å²) in [5, 5.41) is 9.15. The molecule has 0 radical (unpaired) electrons. The van der Waals surface area contributed by atoms with Crippen LogP contribution in [0.1, 0.15) is 6.92 Å². The third-order valence-electron chi connectivity index (χ3n) is 2.05. The minimum atomic E-state index is -0.767. The molecule has 1 aliphatic heterocycles. The van der Waals surface area contributed by atoms with E-state index in [1.54, 1.807) is 6.92 Å². The van der Waals surface area contributed by atoms with E-state index in [0.717, 1.165) is 6.20 Å². The summed E-state index contributed by atoms with van der Waals surface area (Å²) in [4.78, 5) is 7.47. The number of hydrogen-bond acceptors (Lipinski definition) is 7. The lowest BCUT2D eigenvalue weighted by Crippen LogP contribution is -2.18. The fourth-order valence-electron chi connectivity index (χ4n) is 1.32. The molecule has 1 N–H and O–H groups in total. The second kappa shape index (κ2) is 6.17. The molecule has 0 aromatic carbocycles. The first-order chi connectivity index (χ1) is 8.69. The summed E-state index contributed by atoms with van der Waals surface area (Å²) in [5.41, 5.74) is -0.274. The Bertz CT molecular complexity index is 409. The van der Waals surface area contributed by atoms with Gasteiger partial charge in [0.2, 0.25) is 5.82 Å². The molecule has 0 spiro atoms. The highest BCUT2D eigenvalue weighted by atomic mass is 32.2. The van der Waals surface area contributed by atoms with Crippen molar-refractivity contribution in [1.29, 1.82) is 0 Å². The number of halogens is 1. The van der Waals surface area contributed by atoms with Crippen LogP contribution >= 0.6 is 11.8 Å². The minimum absolute atomic E-state index is 0.0189. The average Bonchev–Trinajstić information content (AvgIpc) is 2.76. The van der Waals surface area contributed by atoms with E-state index in [9.17, 15) is 4.39 Å². The third kappa shape index (κ3) is 3.44. The Morgan fingerprint density at radius 2 is 2.44 bits per heavy atom. The highest BCUT2D eigenvalue weighted by Crippen LogP contribution is 2.24. The van der Waals surface area contributed by atoms with Crippen molar-refractivity contribution in [1.82, 2.24) is 9.97 Å². The van der Waals surface area contributed by atoms with Crippen LogP contribution in [-0.4, -0.2) is 45.8 Å². The lowest BCUT2D eigenvalue weighted by molar-refractivity contribution is -0.0883. The van der Waals surface area contributed by atoms with Gasteiger partial charge in [0.25, 0.3) is 5.88 Å². The molecule has 1 saturated heterocycles. The molecule has 1 aromatic rings. The van der Waals surface area contributed by atoms with Gasteiger partial charge in [-0.1, -0.05) is 0 Å². The molecule has 2 heterocycles. The standard InChI is InChI=1S/C10H13FN2O4S/c1-2-15-9-6(11)3-12-10(13-9)16-4-8-17-7(14)5-18-8/h3,7-8,14H,2,4-5H2,1H3. The van der Waals surface area contributed by atoms with Crippen LogP contribution in [0.25, 0.3) is 0 Å². The Labute approximate surface area is 107 Å². The predicted molar refractivity (Wildman–Crippen MR) is 62.0 cm³/mol. The molecule has 0 saturated carbocycles. The van der Waals surface area contributed by atoms with Crippen molar-refractivity contribution in [3.63, 3.8) is 0 Å². The maximum Gasteiger partial charge on any atom is 0.319 e. The van der Waals surface area contributed by atoms with Crippen molar-refractivity contribution in [2.75, 3.05) is 19.0 Å². The summed E-state index contributed by atoms with van der Waals surface area (Å²) in [6, 6.07) is 0.0189. The fraction of sp³-hybridized carbons (Fsp3) is 0.600. The van der Waals surface area contributed by atoms with E-state index in [4.69, 9.17) is 19.3 Å². The van der Waals surface area contributed by atoms with E-state index in [2.05, 4.69) is 9.97 Å². The van der Waals surface area contributed by atoms with Crippen molar-refractivity contribution in [3.05, 3.63) is 12.0 Å². The molecule has 100 valence electrons. The van der Waals surface area contributed by atoms with Crippen molar-refractivity contribution < 1.29 is 23.7 Å². The lowest BCUT2D eigenvalue weighted by Gasteiger charge is -2.10. The number of hydrogen-bond donors (Lipinski definition) is 1. The molecule has 0 amide bonds. The van der Waals surface area contributed by atoms with E-state index >= 15 is 0 Å². The summed E-state index contributed by atoms with van der Waals surface area (Å²) in [6.45, 7) is 2.21. The van der Waals surface area contributed by atoms with Gasteiger partial charge in [0.1, 0.15) is 12.0 Å². The van der Waals surface area contributed by atoms with Crippen LogP contribution in [-0.2, 0) is 4.74 Å². The number of aliphatic hydroxyl groups is 1. The first-order valence-corrected chi connectivity index (χ1v) is 6.47. The molecule has 6 nitrogen and oxygen atoms in total. The van der Waals surface area contributed by atoms with Crippen molar-refractivity contribution in [3.8, 4) is 11.9 Å². The van der Waals surface area contributed by atoms with Gasteiger partial charge in [-0.2, -0.15) is 9.37 Å². The molecule has 18 heavy (non-hydrogen) atoms. The van der Waals surface area contributed by atoms with Gasteiger partial charge in [-0.3, -0.25) is 0 Å². The number of rotatable bonds is 5.